The lowest BCUT2D eigenvalue weighted by Crippen LogP contribution is -2.14. The van der Waals surface area contributed by atoms with Crippen molar-refractivity contribution < 1.29 is 0 Å². The van der Waals surface area contributed by atoms with Crippen molar-refractivity contribution in [3.8, 4) is 0 Å². The highest BCUT2D eigenvalue weighted by atomic mass is 35.5. The molecule has 0 saturated carbocycles. The van der Waals surface area contributed by atoms with Gasteiger partial charge in [0.15, 0.2) is 0 Å². The number of halogens is 1. The summed E-state index contributed by atoms with van der Waals surface area (Å²) in [5.74, 6) is 0.559. The van der Waals surface area contributed by atoms with Gasteiger partial charge in [-0.3, -0.25) is 0 Å². The Hall–Kier alpha value is -0.120. The first-order valence-electron chi connectivity index (χ1n) is 5.89. The number of hydrogen-bond acceptors (Lipinski definition) is 3. The van der Waals surface area contributed by atoms with Crippen LogP contribution in [0.4, 0.5) is 0 Å². The molecule has 1 aromatic rings. The van der Waals surface area contributed by atoms with E-state index in [2.05, 4.69) is 36.5 Å². The molecule has 0 aliphatic heterocycles. The van der Waals surface area contributed by atoms with Gasteiger partial charge in [-0.15, -0.1) is 23.7 Å². The van der Waals surface area contributed by atoms with Crippen molar-refractivity contribution in [2.24, 2.45) is 0 Å². The van der Waals surface area contributed by atoms with Crippen molar-refractivity contribution in [3.63, 3.8) is 0 Å². The molecular weight excluding hydrogens is 240 g/mol. The van der Waals surface area contributed by atoms with Crippen LogP contribution in [0.15, 0.2) is 5.38 Å². The molecule has 1 aromatic heterocycles. The topological polar surface area (TPSA) is 24.9 Å². The summed E-state index contributed by atoms with van der Waals surface area (Å²) >= 11 is 1.77. The van der Waals surface area contributed by atoms with Gasteiger partial charge >= 0.3 is 0 Å². The molecule has 94 valence electrons. The van der Waals surface area contributed by atoms with Crippen LogP contribution in [0.25, 0.3) is 0 Å². The molecule has 0 aromatic carbocycles. The van der Waals surface area contributed by atoms with Gasteiger partial charge in [-0.05, 0) is 13.0 Å². The number of hydrogen-bond donors (Lipinski definition) is 1. The second kappa shape index (κ2) is 8.97. The second-order valence-corrected chi connectivity index (χ2v) is 5.11. The van der Waals surface area contributed by atoms with Gasteiger partial charge in [-0.2, -0.15) is 0 Å². The minimum Gasteiger partial charge on any atom is -0.311 e. The van der Waals surface area contributed by atoms with Crippen molar-refractivity contribution in [2.45, 2.75) is 52.5 Å². The molecule has 0 aliphatic carbocycles. The first-order chi connectivity index (χ1) is 7.24. The third kappa shape index (κ3) is 5.83. The highest BCUT2D eigenvalue weighted by molar-refractivity contribution is 7.09. The van der Waals surface area contributed by atoms with Gasteiger partial charge in [0.2, 0.25) is 0 Å². The van der Waals surface area contributed by atoms with Crippen LogP contribution in [0.3, 0.4) is 0 Å². The Balaban J connectivity index is 0.00000225. The molecule has 0 radical (unpaired) electrons. The number of thiazole rings is 1. The zero-order chi connectivity index (χ0) is 11.1. The number of aromatic nitrogens is 1. The molecule has 1 N–H and O–H groups in total. The van der Waals surface area contributed by atoms with E-state index >= 15 is 0 Å². The third-order valence-corrected chi connectivity index (χ3v) is 3.52. The third-order valence-electron chi connectivity index (χ3n) is 2.33. The zero-order valence-electron chi connectivity index (χ0n) is 10.5. The fourth-order valence-electron chi connectivity index (χ4n) is 1.39. The number of nitrogens with one attached hydrogen (secondary N) is 1. The molecule has 0 fully saturated rings. The average molecular weight is 263 g/mol. The van der Waals surface area contributed by atoms with E-state index in [1.165, 1.54) is 30.0 Å². The summed E-state index contributed by atoms with van der Waals surface area (Å²) in [6.07, 6.45) is 3.88. The van der Waals surface area contributed by atoms with Crippen LogP contribution in [-0.4, -0.2) is 11.5 Å². The zero-order valence-corrected chi connectivity index (χ0v) is 12.1. The Bertz CT molecular complexity index is 274. The van der Waals surface area contributed by atoms with Gasteiger partial charge < -0.3 is 5.32 Å². The van der Waals surface area contributed by atoms with Gasteiger partial charge in [-0.25, -0.2) is 4.98 Å². The Morgan fingerprint density at radius 1 is 1.38 bits per heavy atom. The summed E-state index contributed by atoms with van der Waals surface area (Å²) in [6.45, 7) is 8.65. The Morgan fingerprint density at radius 3 is 2.69 bits per heavy atom. The van der Waals surface area contributed by atoms with Crippen LogP contribution >= 0.6 is 23.7 Å². The lowest BCUT2D eigenvalue weighted by atomic mass is 10.2. The molecular formula is C12H23ClN2S. The van der Waals surface area contributed by atoms with E-state index in [4.69, 9.17) is 0 Å². The van der Waals surface area contributed by atoms with Gasteiger partial charge in [0.25, 0.3) is 0 Å². The Morgan fingerprint density at radius 2 is 2.12 bits per heavy atom. The summed E-state index contributed by atoms with van der Waals surface area (Å²) < 4.78 is 0. The largest absolute Gasteiger partial charge is 0.311 e. The van der Waals surface area contributed by atoms with Gasteiger partial charge in [0.1, 0.15) is 0 Å². The first kappa shape index (κ1) is 15.9. The first-order valence-corrected chi connectivity index (χ1v) is 6.77. The summed E-state index contributed by atoms with van der Waals surface area (Å²) in [7, 11) is 0. The molecule has 0 bridgehead atoms. The van der Waals surface area contributed by atoms with Crippen molar-refractivity contribution in [2.75, 3.05) is 6.54 Å². The van der Waals surface area contributed by atoms with Crippen molar-refractivity contribution >= 4 is 23.7 Å². The molecule has 1 heterocycles. The minimum atomic E-state index is 0. The Labute approximate surface area is 109 Å². The quantitative estimate of drug-likeness (QED) is 0.752. The summed E-state index contributed by atoms with van der Waals surface area (Å²) in [4.78, 5) is 4.58. The molecule has 2 nitrogen and oxygen atoms in total. The van der Waals surface area contributed by atoms with Gasteiger partial charge in [-0.1, -0.05) is 33.6 Å². The molecule has 0 amide bonds. The van der Waals surface area contributed by atoms with Crippen LogP contribution in [-0.2, 0) is 6.54 Å². The van der Waals surface area contributed by atoms with E-state index in [0.717, 1.165) is 13.1 Å². The number of rotatable bonds is 7. The fourth-order valence-corrected chi connectivity index (χ4v) is 2.22. The van der Waals surface area contributed by atoms with E-state index in [1.54, 1.807) is 11.3 Å². The predicted molar refractivity (Wildman–Crippen MR) is 74.7 cm³/mol. The summed E-state index contributed by atoms with van der Waals surface area (Å²) in [6, 6.07) is 0. The summed E-state index contributed by atoms with van der Waals surface area (Å²) in [5.41, 5.74) is 1.19. The van der Waals surface area contributed by atoms with Crippen LogP contribution in [0.5, 0.6) is 0 Å². The smallest absolute Gasteiger partial charge is 0.0954 e. The molecule has 1 rings (SSSR count). The SMILES string of the molecule is CCCCCNCc1csc(C(C)C)n1.Cl. The molecule has 0 spiro atoms. The van der Waals surface area contributed by atoms with E-state index in [-0.39, 0.29) is 12.4 Å². The number of unbranched alkanes of at least 4 members (excludes halogenated alkanes) is 2. The molecule has 0 saturated heterocycles. The molecule has 16 heavy (non-hydrogen) atoms. The van der Waals surface area contributed by atoms with E-state index in [1.807, 2.05) is 0 Å². The standard InChI is InChI=1S/C12H22N2S.ClH/c1-4-5-6-7-13-8-11-9-15-12(14-11)10(2)3;/h9-10,13H,4-8H2,1-3H3;1H. The van der Waals surface area contributed by atoms with Crippen LogP contribution < -0.4 is 5.32 Å². The average Bonchev–Trinajstić information content (AvgIpc) is 2.66. The molecule has 0 unspecified atom stereocenters. The van der Waals surface area contributed by atoms with Gasteiger partial charge in [0, 0.05) is 17.8 Å². The number of nitrogens with zero attached hydrogens (tertiary/aromatic N) is 1. The molecule has 0 atom stereocenters. The normalized spacial score (nSPS) is 10.5. The van der Waals surface area contributed by atoms with E-state index < -0.39 is 0 Å². The highest BCUT2D eigenvalue weighted by Gasteiger charge is 2.04. The lowest BCUT2D eigenvalue weighted by Gasteiger charge is -2.01. The maximum absolute atomic E-state index is 4.58. The maximum Gasteiger partial charge on any atom is 0.0954 e. The van der Waals surface area contributed by atoms with Crippen LogP contribution in [0, 0.1) is 0 Å². The molecule has 4 heteroatoms. The van der Waals surface area contributed by atoms with Crippen molar-refractivity contribution in [1.82, 2.24) is 10.3 Å². The van der Waals surface area contributed by atoms with E-state index in [0.29, 0.717) is 5.92 Å². The van der Waals surface area contributed by atoms with Crippen LogP contribution in [0.1, 0.15) is 56.7 Å². The molecule has 0 aliphatic rings. The van der Waals surface area contributed by atoms with Crippen molar-refractivity contribution in [3.05, 3.63) is 16.1 Å². The lowest BCUT2D eigenvalue weighted by molar-refractivity contribution is 0.611. The van der Waals surface area contributed by atoms with Crippen LogP contribution in [0.2, 0.25) is 0 Å². The highest BCUT2D eigenvalue weighted by Crippen LogP contribution is 2.18. The maximum atomic E-state index is 4.58. The van der Waals surface area contributed by atoms with Crippen molar-refractivity contribution in [1.29, 1.82) is 0 Å². The summed E-state index contributed by atoms with van der Waals surface area (Å²) in [5, 5.41) is 6.85. The van der Waals surface area contributed by atoms with E-state index in [9.17, 15) is 0 Å². The van der Waals surface area contributed by atoms with Gasteiger partial charge in [0.05, 0.1) is 10.7 Å². The Kier molecular flexibility index (Phi) is 8.90. The minimum absolute atomic E-state index is 0. The monoisotopic (exact) mass is 262 g/mol. The second-order valence-electron chi connectivity index (χ2n) is 4.22. The fraction of sp³-hybridized carbons (Fsp3) is 0.750. The predicted octanol–water partition coefficient (Wildman–Crippen LogP) is 3.97.